The molecular weight excluding hydrogens is 363 g/mol. The van der Waals surface area contributed by atoms with Crippen LogP contribution in [0.4, 0.5) is 4.39 Å². The molecule has 0 fully saturated rings. The summed E-state index contributed by atoms with van der Waals surface area (Å²) in [7, 11) is 2.00. The van der Waals surface area contributed by atoms with Gasteiger partial charge in [-0.3, -0.25) is 0 Å². The molecule has 0 atom stereocenters. The standard InChI is InChI=1S/C25H20FN2O/c1-15-9-11-20-21-12-10-16(2)27-25(21)29-24(20)22(15)23-19(8-5-13-28(23)3)17-6-4-7-18(26)14-17/h4-14H,1-3H3/q+1. The Kier molecular flexibility index (Phi) is 3.95. The molecule has 0 aliphatic heterocycles. The Balaban J connectivity index is 1.89. The Labute approximate surface area is 168 Å². The van der Waals surface area contributed by atoms with Crippen molar-refractivity contribution in [2.45, 2.75) is 13.8 Å². The van der Waals surface area contributed by atoms with Crippen LogP contribution >= 0.6 is 0 Å². The van der Waals surface area contributed by atoms with Gasteiger partial charge in [-0.05, 0) is 55.3 Å². The molecule has 2 aromatic carbocycles. The molecule has 3 nitrogen and oxygen atoms in total. The van der Waals surface area contributed by atoms with Gasteiger partial charge in [-0.15, -0.1) is 0 Å². The van der Waals surface area contributed by atoms with Crippen molar-refractivity contribution in [3.8, 4) is 22.4 Å². The van der Waals surface area contributed by atoms with Crippen LogP contribution in [0.3, 0.4) is 0 Å². The van der Waals surface area contributed by atoms with Crippen LogP contribution in [0.15, 0.2) is 71.3 Å². The van der Waals surface area contributed by atoms with Gasteiger partial charge in [0.15, 0.2) is 11.8 Å². The van der Waals surface area contributed by atoms with Crippen molar-refractivity contribution >= 4 is 22.1 Å². The molecule has 0 radical (unpaired) electrons. The molecule has 0 saturated carbocycles. The van der Waals surface area contributed by atoms with Crippen LogP contribution < -0.4 is 4.57 Å². The van der Waals surface area contributed by atoms with Crippen LogP contribution in [0.1, 0.15) is 11.3 Å². The third-order valence-electron chi connectivity index (χ3n) is 5.41. The SMILES string of the molecule is Cc1ccc2c(n1)oc1c(-c3c(-c4cccc(F)c4)ccc[n+]3C)c(C)ccc12. The maximum absolute atomic E-state index is 14.0. The summed E-state index contributed by atoms with van der Waals surface area (Å²) in [6.45, 7) is 4.03. The Hall–Kier alpha value is -3.53. The average Bonchev–Trinajstić information content (AvgIpc) is 3.05. The van der Waals surface area contributed by atoms with Crippen LogP contribution in [-0.4, -0.2) is 4.98 Å². The van der Waals surface area contributed by atoms with Crippen molar-refractivity contribution in [2.75, 3.05) is 0 Å². The van der Waals surface area contributed by atoms with Crippen molar-refractivity contribution in [3.63, 3.8) is 0 Å². The zero-order valence-electron chi connectivity index (χ0n) is 16.5. The van der Waals surface area contributed by atoms with Gasteiger partial charge < -0.3 is 4.42 Å². The fraction of sp³-hybridized carbons (Fsp3) is 0.120. The number of furan rings is 1. The van der Waals surface area contributed by atoms with Crippen molar-refractivity contribution in [1.29, 1.82) is 0 Å². The zero-order chi connectivity index (χ0) is 20.1. The van der Waals surface area contributed by atoms with Crippen molar-refractivity contribution in [1.82, 2.24) is 4.98 Å². The Morgan fingerprint density at radius 2 is 1.76 bits per heavy atom. The molecule has 5 rings (SSSR count). The molecule has 142 valence electrons. The summed E-state index contributed by atoms with van der Waals surface area (Å²) in [5.74, 6) is -0.252. The van der Waals surface area contributed by atoms with Crippen LogP contribution in [-0.2, 0) is 7.05 Å². The van der Waals surface area contributed by atoms with Gasteiger partial charge in [0.25, 0.3) is 0 Å². The number of aryl methyl sites for hydroxylation is 3. The van der Waals surface area contributed by atoms with E-state index in [4.69, 9.17) is 4.42 Å². The number of rotatable bonds is 2. The molecule has 0 amide bonds. The van der Waals surface area contributed by atoms with Gasteiger partial charge in [0.05, 0.1) is 11.1 Å². The fourth-order valence-electron chi connectivity index (χ4n) is 4.02. The van der Waals surface area contributed by atoms with Crippen LogP contribution in [0.5, 0.6) is 0 Å². The first-order valence-corrected chi connectivity index (χ1v) is 9.57. The molecule has 0 bridgehead atoms. The molecule has 3 heterocycles. The van der Waals surface area contributed by atoms with E-state index >= 15 is 0 Å². The Morgan fingerprint density at radius 1 is 0.931 bits per heavy atom. The second kappa shape index (κ2) is 6.52. The zero-order valence-corrected chi connectivity index (χ0v) is 16.5. The molecule has 29 heavy (non-hydrogen) atoms. The van der Waals surface area contributed by atoms with Gasteiger partial charge in [0.1, 0.15) is 12.9 Å². The van der Waals surface area contributed by atoms with Crippen LogP contribution in [0.25, 0.3) is 44.5 Å². The molecule has 0 saturated heterocycles. The maximum atomic E-state index is 14.0. The molecule has 0 N–H and O–H groups in total. The molecule has 0 aliphatic carbocycles. The topological polar surface area (TPSA) is 29.9 Å². The summed E-state index contributed by atoms with van der Waals surface area (Å²) < 4.78 is 22.3. The number of halogens is 1. The summed E-state index contributed by atoms with van der Waals surface area (Å²) in [5, 5.41) is 2.03. The second-order valence-electron chi connectivity index (χ2n) is 7.43. The van der Waals surface area contributed by atoms with E-state index in [0.29, 0.717) is 5.71 Å². The van der Waals surface area contributed by atoms with Crippen molar-refractivity contribution < 1.29 is 13.4 Å². The highest BCUT2D eigenvalue weighted by Crippen LogP contribution is 2.39. The van der Waals surface area contributed by atoms with Gasteiger partial charge >= 0.3 is 0 Å². The van der Waals surface area contributed by atoms with E-state index in [1.54, 1.807) is 12.1 Å². The second-order valence-corrected chi connectivity index (χ2v) is 7.43. The minimum Gasteiger partial charge on any atom is -0.437 e. The monoisotopic (exact) mass is 383 g/mol. The Morgan fingerprint density at radius 3 is 2.59 bits per heavy atom. The molecule has 3 aromatic heterocycles. The third-order valence-corrected chi connectivity index (χ3v) is 5.41. The molecule has 0 unspecified atom stereocenters. The number of fused-ring (bicyclic) bond motifs is 3. The highest BCUT2D eigenvalue weighted by Gasteiger charge is 2.25. The van der Waals surface area contributed by atoms with E-state index in [2.05, 4.69) is 34.7 Å². The number of hydrogen-bond acceptors (Lipinski definition) is 2. The number of hydrogen-bond donors (Lipinski definition) is 0. The average molecular weight is 383 g/mol. The summed E-state index contributed by atoms with van der Waals surface area (Å²) in [6.07, 6.45) is 2.00. The minimum atomic E-state index is -0.252. The normalized spacial score (nSPS) is 11.4. The summed E-state index contributed by atoms with van der Waals surface area (Å²) in [6, 6.07) is 18.9. The number of nitrogens with zero attached hydrogens (tertiary/aromatic N) is 2. The van der Waals surface area contributed by atoms with E-state index in [9.17, 15) is 4.39 Å². The number of aromatic nitrogens is 2. The first-order chi connectivity index (χ1) is 14.0. The molecule has 0 spiro atoms. The maximum Gasteiger partial charge on any atom is 0.227 e. The van der Waals surface area contributed by atoms with E-state index in [1.165, 1.54) is 6.07 Å². The molecule has 5 aromatic rings. The summed E-state index contributed by atoms with van der Waals surface area (Å²) in [4.78, 5) is 4.57. The van der Waals surface area contributed by atoms with E-state index < -0.39 is 0 Å². The Bertz CT molecular complexity index is 1400. The van der Waals surface area contributed by atoms with Crippen LogP contribution in [0.2, 0.25) is 0 Å². The largest absolute Gasteiger partial charge is 0.437 e. The lowest BCUT2D eigenvalue weighted by atomic mass is 9.94. The van der Waals surface area contributed by atoms with E-state index in [0.717, 1.165) is 50.0 Å². The highest BCUT2D eigenvalue weighted by atomic mass is 19.1. The predicted octanol–water partition coefficient (Wildman–Crippen LogP) is 5.90. The van der Waals surface area contributed by atoms with Gasteiger partial charge in [-0.25, -0.2) is 13.9 Å². The van der Waals surface area contributed by atoms with Gasteiger partial charge in [0.2, 0.25) is 11.4 Å². The predicted molar refractivity (Wildman–Crippen MR) is 113 cm³/mol. The quantitative estimate of drug-likeness (QED) is 0.356. The fourth-order valence-corrected chi connectivity index (χ4v) is 4.02. The van der Waals surface area contributed by atoms with Crippen molar-refractivity contribution in [3.05, 3.63) is 83.9 Å². The lowest BCUT2D eigenvalue weighted by molar-refractivity contribution is -0.659. The van der Waals surface area contributed by atoms with E-state index in [1.807, 2.05) is 44.4 Å². The highest BCUT2D eigenvalue weighted by molar-refractivity contribution is 6.09. The smallest absolute Gasteiger partial charge is 0.227 e. The lowest BCUT2D eigenvalue weighted by Crippen LogP contribution is -2.31. The summed E-state index contributed by atoms with van der Waals surface area (Å²) in [5.41, 5.74) is 7.22. The number of benzene rings is 2. The van der Waals surface area contributed by atoms with Crippen LogP contribution in [0, 0.1) is 19.7 Å². The minimum absolute atomic E-state index is 0.252. The van der Waals surface area contributed by atoms with Gasteiger partial charge in [-0.1, -0.05) is 24.3 Å². The summed E-state index contributed by atoms with van der Waals surface area (Å²) >= 11 is 0. The molecule has 0 aliphatic rings. The van der Waals surface area contributed by atoms with Crippen molar-refractivity contribution in [2.24, 2.45) is 7.05 Å². The molecule has 4 heteroatoms. The first kappa shape index (κ1) is 17.6. The van der Waals surface area contributed by atoms with Gasteiger partial charge in [0, 0.05) is 22.5 Å². The van der Waals surface area contributed by atoms with E-state index in [-0.39, 0.29) is 5.82 Å². The lowest BCUT2D eigenvalue weighted by Gasteiger charge is -2.10. The number of pyridine rings is 2. The third kappa shape index (κ3) is 2.80. The first-order valence-electron chi connectivity index (χ1n) is 9.57. The van der Waals surface area contributed by atoms with Gasteiger partial charge in [-0.2, -0.15) is 0 Å². The molecular formula is C25H20FN2O+.